The second-order valence-corrected chi connectivity index (χ2v) is 5.29. The highest BCUT2D eigenvalue weighted by Gasteiger charge is 2.38. The molecule has 0 saturated carbocycles. The van der Waals surface area contributed by atoms with Crippen molar-refractivity contribution in [3.05, 3.63) is 35.9 Å². The van der Waals surface area contributed by atoms with E-state index in [1.165, 1.54) is 5.56 Å². The van der Waals surface area contributed by atoms with Crippen LogP contribution in [0.25, 0.3) is 0 Å². The van der Waals surface area contributed by atoms with Crippen LogP contribution in [0.2, 0.25) is 0 Å². The lowest BCUT2D eigenvalue weighted by Gasteiger charge is -2.42. The Kier molecular flexibility index (Phi) is 3.34. The number of carbonyl (C=O) groups is 2. The molecule has 2 aliphatic rings. The van der Waals surface area contributed by atoms with Crippen molar-refractivity contribution in [3.8, 4) is 0 Å². The molecule has 4 heteroatoms. The van der Waals surface area contributed by atoms with Crippen molar-refractivity contribution < 1.29 is 9.59 Å². The normalized spacial score (nSPS) is 24.4. The molecule has 0 aromatic heterocycles. The van der Waals surface area contributed by atoms with E-state index in [9.17, 15) is 9.59 Å². The molecule has 0 spiro atoms. The Morgan fingerprint density at radius 2 is 1.84 bits per heavy atom. The molecule has 0 radical (unpaired) electrons. The Hall–Kier alpha value is -1.68. The Morgan fingerprint density at radius 3 is 2.63 bits per heavy atom. The topological polar surface area (TPSA) is 40.6 Å². The minimum Gasteiger partial charge on any atom is -0.330 e. The number of fused-ring (bicyclic) bond motifs is 1. The van der Waals surface area contributed by atoms with E-state index in [-0.39, 0.29) is 17.7 Å². The Bertz CT molecular complexity index is 486. The minimum atomic E-state index is -0.210. The highest BCUT2D eigenvalue weighted by molar-refractivity contribution is 5.95. The molecule has 1 atom stereocenters. The molecule has 1 aromatic carbocycles. The van der Waals surface area contributed by atoms with Gasteiger partial charge in [-0.1, -0.05) is 30.3 Å². The molecule has 100 valence electrons. The van der Waals surface area contributed by atoms with Gasteiger partial charge in [0, 0.05) is 39.0 Å². The average molecular weight is 258 g/mol. The number of piperidine rings is 1. The molecule has 19 heavy (non-hydrogen) atoms. The summed E-state index contributed by atoms with van der Waals surface area (Å²) in [6.07, 6.45) is 0.813. The maximum atomic E-state index is 12.0. The van der Waals surface area contributed by atoms with Crippen LogP contribution in [-0.2, 0) is 16.1 Å². The van der Waals surface area contributed by atoms with Crippen molar-refractivity contribution in [1.29, 1.82) is 0 Å². The fraction of sp³-hybridized carbons (Fsp3) is 0.467. The van der Waals surface area contributed by atoms with Crippen LogP contribution < -0.4 is 0 Å². The van der Waals surface area contributed by atoms with Gasteiger partial charge in [-0.2, -0.15) is 0 Å². The molecule has 2 saturated heterocycles. The summed E-state index contributed by atoms with van der Waals surface area (Å²) in [4.78, 5) is 27.8. The number of Topliss-reactive ketones (excluding diaryl/α,β-unsaturated/α-hetero) is 1. The quantitative estimate of drug-likeness (QED) is 0.796. The third kappa shape index (κ3) is 2.54. The van der Waals surface area contributed by atoms with Gasteiger partial charge in [0.2, 0.25) is 5.91 Å². The number of hydrogen-bond acceptors (Lipinski definition) is 3. The first kappa shape index (κ1) is 12.4. The minimum absolute atomic E-state index is 0.143. The van der Waals surface area contributed by atoms with Gasteiger partial charge < -0.3 is 4.90 Å². The molecule has 4 nitrogen and oxygen atoms in total. The number of nitrogens with zero attached hydrogens (tertiary/aromatic N) is 2. The lowest BCUT2D eigenvalue weighted by molar-refractivity contribution is -0.148. The van der Waals surface area contributed by atoms with Crippen LogP contribution >= 0.6 is 0 Å². The van der Waals surface area contributed by atoms with Gasteiger partial charge in [-0.15, -0.1) is 0 Å². The highest BCUT2D eigenvalue weighted by atomic mass is 16.2. The fourth-order valence-electron chi connectivity index (χ4n) is 2.94. The van der Waals surface area contributed by atoms with Crippen molar-refractivity contribution in [2.75, 3.05) is 19.6 Å². The first-order valence-electron chi connectivity index (χ1n) is 6.82. The van der Waals surface area contributed by atoms with Crippen LogP contribution in [0.5, 0.6) is 0 Å². The van der Waals surface area contributed by atoms with E-state index in [0.29, 0.717) is 25.9 Å². The van der Waals surface area contributed by atoms with Gasteiger partial charge in [0.1, 0.15) is 6.04 Å². The molecule has 2 fully saturated rings. The summed E-state index contributed by atoms with van der Waals surface area (Å²) in [7, 11) is 0. The summed E-state index contributed by atoms with van der Waals surface area (Å²) < 4.78 is 0. The second kappa shape index (κ2) is 5.13. The van der Waals surface area contributed by atoms with Gasteiger partial charge in [-0.25, -0.2) is 0 Å². The second-order valence-electron chi connectivity index (χ2n) is 5.29. The summed E-state index contributed by atoms with van der Waals surface area (Å²) in [6.45, 7) is 3.07. The van der Waals surface area contributed by atoms with E-state index >= 15 is 0 Å². The molecule has 3 rings (SSSR count). The summed E-state index contributed by atoms with van der Waals surface area (Å²) in [5, 5.41) is 0. The molecule has 1 unspecified atom stereocenters. The van der Waals surface area contributed by atoms with E-state index in [1.807, 2.05) is 18.2 Å². The summed E-state index contributed by atoms with van der Waals surface area (Å²) in [6, 6.07) is 10.0. The number of hydrogen-bond donors (Lipinski definition) is 0. The number of rotatable bonds is 2. The lowest BCUT2D eigenvalue weighted by atomic mass is 9.97. The predicted octanol–water partition coefficient (Wildman–Crippen LogP) is 1.06. The average Bonchev–Trinajstić information content (AvgIpc) is 2.44. The summed E-state index contributed by atoms with van der Waals surface area (Å²) in [5.41, 5.74) is 1.26. The van der Waals surface area contributed by atoms with Gasteiger partial charge >= 0.3 is 0 Å². The maximum Gasteiger partial charge on any atom is 0.223 e. The number of amides is 1. The molecule has 0 aliphatic carbocycles. The van der Waals surface area contributed by atoms with Crippen molar-refractivity contribution in [1.82, 2.24) is 9.80 Å². The Labute approximate surface area is 113 Å². The van der Waals surface area contributed by atoms with Crippen LogP contribution in [0.3, 0.4) is 0 Å². The number of ketones is 1. The highest BCUT2D eigenvalue weighted by Crippen LogP contribution is 2.20. The van der Waals surface area contributed by atoms with E-state index in [2.05, 4.69) is 17.0 Å². The molecule has 2 heterocycles. The Balaban J connectivity index is 1.68. The zero-order chi connectivity index (χ0) is 13.2. The van der Waals surface area contributed by atoms with Gasteiger partial charge in [0.25, 0.3) is 0 Å². The zero-order valence-corrected chi connectivity index (χ0v) is 10.9. The molecule has 0 N–H and O–H groups in total. The molecular weight excluding hydrogens is 240 g/mol. The standard InChI is InChI=1S/C15H18N2O2/c18-14-6-7-15(19)17-9-8-16(11-13(14)17)10-12-4-2-1-3-5-12/h1-5,13H,6-11H2. The lowest BCUT2D eigenvalue weighted by Crippen LogP contribution is -2.60. The third-order valence-electron chi connectivity index (χ3n) is 3.99. The van der Waals surface area contributed by atoms with E-state index in [4.69, 9.17) is 0 Å². The van der Waals surface area contributed by atoms with E-state index < -0.39 is 0 Å². The fourth-order valence-corrected chi connectivity index (χ4v) is 2.94. The summed E-state index contributed by atoms with van der Waals surface area (Å²) >= 11 is 0. The van der Waals surface area contributed by atoms with Crippen LogP contribution in [0.15, 0.2) is 30.3 Å². The van der Waals surface area contributed by atoms with Crippen LogP contribution in [0, 0.1) is 0 Å². The number of benzene rings is 1. The first-order chi connectivity index (χ1) is 9.24. The van der Waals surface area contributed by atoms with Gasteiger partial charge in [-0.3, -0.25) is 14.5 Å². The molecular formula is C15H18N2O2. The third-order valence-corrected chi connectivity index (χ3v) is 3.99. The predicted molar refractivity (Wildman–Crippen MR) is 71.5 cm³/mol. The Morgan fingerprint density at radius 1 is 1.05 bits per heavy atom. The molecule has 0 bridgehead atoms. The number of carbonyl (C=O) groups excluding carboxylic acids is 2. The molecule has 1 amide bonds. The van der Waals surface area contributed by atoms with Gasteiger partial charge in [0.05, 0.1) is 0 Å². The molecule has 2 aliphatic heterocycles. The van der Waals surface area contributed by atoms with Gasteiger partial charge in [0.15, 0.2) is 5.78 Å². The maximum absolute atomic E-state index is 12.0. The van der Waals surface area contributed by atoms with Crippen molar-refractivity contribution >= 4 is 11.7 Å². The van der Waals surface area contributed by atoms with Crippen molar-refractivity contribution in [3.63, 3.8) is 0 Å². The monoisotopic (exact) mass is 258 g/mol. The van der Waals surface area contributed by atoms with Crippen LogP contribution in [-0.4, -0.2) is 47.2 Å². The van der Waals surface area contributed by atoms with Gasteiger partial charge in [-0.05, 0) is 5.56 Å². The van der Waals surface area contributed by atoms with Crippen molar-refractivity contribution in [2.24, 2.45) is 0 Å². The summed E-state index contributed by atoms with van der Waals surface area (Å²) in [5.74, 6) is 0.362. The van der Waals surface area contributed by atoms with E-state index in [0.717, 1.165) is 13.1 Å². The number of piperazine rings is 1. The zero-order valence-electron chi connectivity index (χ0n) is 10.9. The van der Waals surface area contributed by atoms with Crippen molar-refractivity contribution in [2.45, 2.75) is 25.4 Å². The molecule has 1 aromatic rings. The first-order valence-corrected chi connectivity index (χ1v) is 6.82. The smallest absolute Gasteiger partial charge is 0.223 e. The van der Waals surface area contributed by atoms with Crippen LogP contribution in [0.4, 0.5) is 0 Å². The van der Waals surface area contributed by atoms with Crippen LogP contribution in [0.1, 0.15) is 18.4 Å². The van der Waals surface area contributed by atoms with E-state index in [1.54, 1.807) is 4.90 Å². The SMILES string of the molecule is O=C1CCC(=O)N2CCN(Cc3ccccc3)CC12. The largest absolute Gasteiger partial charge is 0.330 e.